The Labute approximate surface area is 166 Å². The van der Waals surface area contributed by atoms with Crippen molar-refractivity contribution >= 4 is 5.97 Å². The Balaban J connectivity index is 0.000000266. The molecule has 0 aromatic heterocycles. The molecule has 0 atom stereocenters. The van der Waals surface area contributed by atoms with Crippen molar-refractivity contribution in [2.75, 3.05) is 27.9 Å². The van der Waals surface area contributed by atoms with Crippen LogP contribution in [-0.4, -0.2) is 33.9 Å². The molecule has 2 aromatic rings. The third kappa shape index (κ3) is 4.47. The van der Waals surface area contributed by atoms with E-state index in [9.17, 15) is 4.79 Å². The van der Waals surface area contributed by atoms with Crippen LogP contribution in [0, 0.1) is 0 Å². The van der Waals surface area contributed by atoms with Gasteiger partial charge in [-0.25, -0.2) is 4.79 Å². The summed E-state index contributed by atoms with van der Waals surface area (Å²) < 4.78 is 21.1. The SMILES string of the molecule is C=C(C)C(=O)OCCC.COc1cc2c(c(OC)c1OC)Cc1ccccc1-2. The molecule has 0 fully saturated rings. The smallest absolute Gasteiger partial charge is 0.333 e. The van der Waals surface area contributed by atoms with Crippen molar-refractivity contribution in [2.24, 2.45) is 0 Å². The quantitative estimate of drug-likeness (QED) is 0.451. The molecule has 0 heterocycles. The highest BCUT2D eigenvalue weighted by Crippen LogP contribution is 2.49. The second-order valence-corrected chi connectivity index (χ2v) is 6.42. The maximum atomic E-state index is 10.6. The molecule has 0 unspecified atom stereocenters. The highest BCUT2D eigenvalue weighted by atomic mass is 16.5. The van der Waals surface area contributed by atoms with Crippen molar-refractivity contribution in [1.29, 1.82) is 0 Å². The summed E-state index contributed by atoms with van der Waals surface area (Å²) in [6, 6.07) is 10.4. The van der Waals surface area contributed by atoms with Crippen LogP contribution < -0.4 is 14.2 Å². The van der Waals surface area contributed by atoms with Crippen molar-refractivity contribution in [3.05, 3.63) is 53.6 Å². The summed E-state index contributed by atoms with van der Waals surface area (Å²) in [6.07, 6.45) is 1.73. The average molecular weight is 384 g/mol. The fourth-order valence-corrected chi connectivity index (χ4v) is 3.08. The number of hydrogen-bond donors (Lipinski definition) is 0. The first-order valence-electron chi connectivity index (χ1n) is 9.21. The number of methoxy groups -OCH3 is 3. The summed E-state index contributed by atoms with van der Waals surface area (Å²) in [5.74, 6) is 1.84. The van der Waals surface area contributed by atoms with Crippen molar-refractivity contribution in [3.63, 3.8) is 0 Å². The molecule has 0 bridgehead atoms. The van der Waals surface area contributed by atoms with Crippen LogP contribution in [0.4, 0.5) is 0 Å². The lowest BCUT2D eigenvalue weighted by Crippen LogP contribution is -2.04. The van der Waals surface area contributed by atoms with E-state index in [2.05, 4.69) is 30.8 Å². The third-order valence-electron chi connectivity index (χ3n) is 4.39. The molecular formula is C23H28O5. The van der Waals surface area contributed by atoms with Gasteiger partial charge >= 0.3 is 5.97 Å². The van der Waals surface area contributed by atoms with Gasteiger partial charge in [0.15, 0.2) is 11.5 Å². The van der Waals surface area contributed by atoms with Crippen LogP contribution in [0.25, 0.3) is 11.1 Å². The lowest BCUT2D eigenvalue weighted by Gasteiger charge is -2.16. The number of carbonyl (C=O) groups excluding carboxylic acids is 1. The van der Waals surface area contributed by atoms with Crippen LogP contribution in [0.2, 0.25) is 0 Å². The Hall–Kier alpha value is -2.95. The van der Waals surface area contributed by atoms with Crippen LogP contribution in [0.5, 0.6) is 17.2 Å². The molecule has 0 aliphatic heterocycles. The van der Waals surface area contributed by atoms with E-state index >= 15 is 0 Å². The number of carbonyl (C=O) groups is 1. The van der Waals surface area contributed by atoms with Crippen molar-refractivity contribution in [2.45, 2.75) is 26.7 Å². The first-order valence-corrected chi connectivity index (χ1v) is 9.21. The Bertz CT molecular complexity index is 854. The van der Waals surface area contributed by atoms with Gasteiger partial charge in [-0.3, -0.25) is 0 Å². The fourth-order valence-electron chi connectivity index (χ4n) is 3.08. The van der Waals surface area contributed by atoms with E-state index in [1.54, 1.807) is 28.3 Å². The molecule has 1 aliphatic carbocycles. The van der Waals surface area contributed by atoms with Gasteiger partial charge in [-0.1, -0.05) is 37.8 Å². The molecule has 28 heavy (non-hydrogen) atoms. The Morgan fingerprint density at radius 1 is 1.04 bits per heavy atom. The Kier molecular flexibility index (Phi) is 7.50. The first kappa shape index (κ1) is 21.4. The first-order chi connectivity index (χ1) is 13.5. The van der Waals surface area contributed by atoms with Gasteiger partial charge in [-0.15, -0.1) is 0 Å². The van der Waals surface area contributed by atoms with Crippen LogP contribution in [0.15, 0.2) is 42.5 Å². The zero-order valence-corrected chi connectivity index (χ0v) is 17.3. The molecular weight excluding hydrogens is 356 g/mol. The van der Waals surface area contributed by atoms with Crippen LogP contribution in [0.3, 0.4) is 0 Å². The van der Waals surface area contributed by atoms with Gasteiger partial charge in [-0.05, 0) is 36.1 Å². The summed E-state index contributed by atoms with van der Waals surface area (Å²) in [6.45, 7) is 7.51. The standard InChI is InChI=1S/C16H16O3.C7H12O2/c1-17-14-9-12-11-7-5-4-6-10(11)8-13(12)15(18-2)16(14)19-3;1-4-5-9-7(8)6(2)3/h4-7,9H,8H2,1-3H3;2,4-5H2,1,3H3. The predicted molar refractivity (Wildman–Crippen MR) is 110 cm³/mol. The number of fused-ring (bicyclic) bond motifs is 3. The number of hydrogen-bond acceptors (Lipinski definition) is 5. The molecule has 5 heteroatoms. The lowest BCUT2D eigenvalue weighted by atomic mass is 10.0. The predicted octanol–water partition coefficient (Wildman–Crippen LogP) is 4.80. The highest BCUT2D eigenvalue weighted by Gasteiger charge is 2.27. The largest absolute Gasteiger partial charge is 0.493 e. The Morgan fingerprint density at radius 2 is 1.71 bits per heavy atom. The molecule has 0 N–H and O–H groups in total. The van der Waals surface area contributed by atoms with E-state index in [-0.39, 0.29) is 5.97 Å². The number of esters is 1. The monoisotopic (exact) mass is 384 g/mol. The van der Waals surface area contributed by atoms with Gasteiger partial charge in [0, 0.05) is 17.6 Å². The second-order valence-electron chi connectivity index (χ2n) is 6.42. The van der Waals surface area contributed by atoms with Gasteiger partial charge in [-0.2, -0.15) is 0 Å². The fraction of sp³-hybridized carbons (Fsp3) is 0.348. The highest BCUT2D eigenvalue weighted by molar-refractivity contribution is 5.86. The average Bonchev–Trinajstić information content (AvgIpc) is 3.08. The number of ether oxygens (including phenoxy) is 4. The van der Waals surface area contributed by atoms with Gasteiger partial charge in [0.05, 0.1) is 27.9 Å². The van der Waals surface area contributed by atoms with Crippen LogP contribution in [0.1, 0.15) is 31.4 Å². The van der Waals surface area contributed by atoms with Gasteiger partial charge in [0.2, 0.25) is 5.75 Å². The summed E-state index contributed by atoms with van der Waals surface area (Å²) in [4.78, 5) is 10.6. The molecule has 5 nitrogen and oxygen atoms in total. The van der Waals surface area contributed by atoms with Gasteiger partial charge in [0.25, 0.3) is 0 Å². The van der Waals surface area contributed by atoms with E-state index in [1.807, 2.05) is 13.0 Å². The maximum Gasteiger partial charge on any atom is 0.333 e. The lowest BCUT2D eigenvalue weighted by molar-refractivity contribution is -0.138. The molecule has 3 rings (SSSR count). The second kappa shape index (κ2) is 9.83. The normalized spacial score (nSPS) is 10.8. The van der Waals surface area contributed by atoms with E-state index < -0.39 is 0 Å². The summed E-state index contributed by atoms with van der Waals surface area (Å²) >= 11 is 0. The van der Waals surface area contributed by atoms with Gasteiger partial charge < -0.3 is 18.9 Å². The maximum absolute atomic E-state index is 10.6. The molecule has 0 saturated heterocycles. The molecule has 0 saturated carbocycles. The molecule has 2 aromatic carbocycles. The van der Waals surface area contributed by atoms with Crippen molar-refractivity contribution in [3.8, 4) is 28.4 Å². The minimum Gasteiger partial charge on any atom is -0.493 e. The van der Waals surface area contributed by atoms with Crippen LogP contribution >= 0.6 is 0 Å². The molecule has 0 spiro atoms. The minimum absolute atomic E-state index is 0.295. The zero-order chi connectivity index (χ0) is 20.7. The van der Waals surface area contributed by atoms with Crippen LogP contribution in [-0.2, 0) is 16.0 Å². The van der Waals surface area contributed by atoms with E-state index in [0.717, 1.165) is 18.6 Å². The number of benzene rings is 2. The van der Waals surface area contributed by atoms with E-state index in [4.69, 9.17) is 18.9 Å². The minimum atomic E-state index is -0.295. The third-order valence-corrected chi connectivity index (χ3v) is 4.39. The van der Waals surface area contributed by atoms with E-state index in [1.165, 1.54) is 22.3 Å². The summed E-state index contributed by atoms with van der Waals surface area (Å²) in [7, 11) is 4.94. The van der Waals surface area contributed by atoms with Crippen molar-refractivity contribution < 1.29 is 23.7 Å². The molecule has 0 amide bonds. The van der Waals surface area contributed by atoms with Crippen molar-refractivity contribution in [1.82, 2.24) is 0 Å². The summed E-state index contributed by atoms with van der Waals surface area (Å²) in [5.41, 5.74) is 5.36. The summed E-state index contributed by atoms with van der Waals surface area (Å²) in [5, 5.41) is 0. The zero-order valence-electron chi connectivity index (χ0n) is 17.3. The molecule has 1 aliphatic rings. The molecule has 0 radical (unpaired) electrons. The van der Waals surface area contributed by atoms with Gasteiger partial charge in [0.1, 0.15) is 0 Å². The Morgan fingerprint density at radius 3 is 2.29 bits per heavy atom. The number of rotatable bonds is 6. The topological polar surface area (TPSA) is 54.0 Å². The van der Waals surface area contributed by atoms with E-state index in [0.29, 0.717) is 23.7 Å². The molecule has 150 valence electrons.